The largest absolute Gasteiger partial charge is 0.311 e. The summed E-state index contributed by atoms with van der Waals surface area (Å²) in [6, 6.07) is 123. The zero-order valence-electron chi connectivity index (χ0n) is 53.0. The molecule has 0 saturated carbocycles. The van der Waals surface area contributed by atoms with Crippen LogP contribution in [0.5, 0.6) is 0 Å². The second-order valence-electron chi connectivity index (χ2n) is 26.7. The van der Waals surface area contributed by atoms with Gasteiger partial charge in [0, 0.05) is 66.8 Å². The third-order valence-electron chi connectivity index (χ3n) is 20.4. The monoisotopic (exact) mass is 1210 g/mol. The molecule has 4 nitrogen and oxygen atoms in total. The Balaban J connectivity index is 0.934. The van der Waals surface area contributed by atoms with E-state index in [1.165, 1.54) is 121 Å². The molecule has 2 aliphatic rings. The van der Waals surface area contributed by atoms with E-state index in [0.29, 0.717) is 0 Å². The van der Waals surface area contributed by atoms with Gasteiger partial charge in [0.2, 0.25) is 0 Å². The quantitative estimate of drug-likeness (QED) is 0.141. The van der Waals surface area contributed by atoms with E-state index in [2.05, 4.69) is 367 Å². The van der Waals surface area contributed by atoms with E-state index in [9.17, 15) is 0 Å². The molecule has 0 aliphatic carbocycles. The molecule has 95 heavy (non-hydrogen) atoms. The summed E-state index contributed by atoms with van der Waals surface area (Å²) in [5.74, 6) is 0. The van der Waals surface area contributed by atoms with Crippen LogP contribution < -0.4 is 26.2 Å². The van der Waals surface area contributed by atoms with Crippen LogP contribution >= 0.6 is 0 Å². The van der Waals surface area contributed by atoms with Crippen LogP contribution in [0.4, 0.5) is 34.1 Å². The Morgan fingerprint density at radius 2 is 0.589 bits per heavy atom. The Bertz CT molecular complexity index is 5600. The molecule has 0 saturated heterocycles. The first-order chi connectivity index (χ1) is 46.8. The Kier molecular flexibility index (Phi) is 12.3. The molecule has 0 radical (unpaired) electrons. The fourth-order valence-electron chi connectivity index (χ4n) is 16.2. The molecule has 0 atom stereocenters. The molecule has 19 rings (SSSR count). The number of hydrogen-bond acceptors (Lipinski definition) is 2. The summed E-state index contributed by atoms with van der Waals surface area (Å²) in [6.45, 7) is 6.94. The number of anilines is 6. The molecule has 15 aromatic carbocycles. The first-order valence-electron chi connectivity index (χ1n) is 33.2. The molecule has 2 aliphatic heterocycles. The Hall–Kier alpha value is -11.9. The molecule has 0 bridgehead atoms. The van der Waals surface area contributed by atoms with Gasteiger partial charge in [-0.05, 0) is 155 Å². The molecule has 0 N–H and O–H groups in total. The van der Waals surface area contributed by atoms with Crippen molar-refractivity contribution in [2.45, 2.75) is 26.2 Å². The number of para-hydroxylation sites is 4. The van der Waals surface area contributed by atoms with Crippen molar-refractivity contribution in [2.24, 2.45) is 0 Å². The van der Waals surface area contributed by atoms with Crippen molar-refractivity contribution >= 4 is 122 Å². The van der Waals surface area contributed by atoms with Crippen molar-refractivity contribution in [3.8, 4) is 55.9 Å². The Labute approximate surface area is 553 Å². The third-order valence-corrected chi connectivity index (χ3v) is 20.4. The average Bonchev–Trinajstić information content (AvgIpc) is 1.29. The van der Waals surface area contributed by atoms with Crippen LogP contribution in [0.15, 0.2) is 328 Å². The highest BCUT2D eigenvalue weighted by atomic mass is 15.2. The van der Waals surface area contributed by atoms with Gasteiger partial charge in [0.15, 0.2) is 0 Å². The maximum Gasteiger partial charge on any atom is 0.252 e. The van der Waals surface area contributed by atoms with Gasteiger partial charge in [0.05, 0.1) is 33.4 Å². The molecule has 17 aromatic rings. The summed E-state index contributed by atoms with van der Waals surface area (Å²) in [4.78, 5) is 5.27. The van der Waals surface area contributed by atoms with Gasteiger partial charge >= 0.3 is 0 Å². The lowest BCUT2D eigenvalue weighted by atomic mass is 9.33. The fraction of sp³-hybridized carbons (Fsp3) is 0.0444. The normalized spacial score (nSPS) is 12.7. The lowest BCUT2D eigenvalue weighted by Gasteiger charge is -2.46. The van der Waals surface area contributed by atoms with Crippen molar-refractivity contribution in [2.75, 3.05) is 9.80 Å². The molecule has 446 valence electrons. The van der Waals surface area contributed by atoms with Crippen molar-refractivity contribution in [3.63, 3.8) is 0 Å². The van der Waals surface area contributed by atoms with E-state index < -0.39 is 0 Å². The molecule has 2 aromatic heterocycles. The van der Waals surface area contributed by atoms with E-state index in [1.807, 2.05) is 0 Å². The summed E-state index contributed by atoms with van der Waals surface area (Å²) in [5.41, 5.74) is 28.0. The molecular formula is C90H63BN4. The van der Waals surface area contributed by atoms with Crippen LogP contribution in [0.1, 0.15) is 26.3 Å². The molecule has 5 heteroatoms. The van der Waals surface area contributed by atoms with Crippen molar-refractivity contribution in [3.05, 3.63) is 333 Å². The van der Waals surface area contributed by atoms with Crippen molar-refractivity contribution < 1.29 is 0 Å². The Morgan fingerprint density at radius 3 is 0.989 bits per heavy atom. The number of nitrogens with zero attached hydrogens (tertiary/aromatic N) is 4. The topological polar surface area (TPSA) is 16.3 Å². The highest BCUT2D eigenvalue weighted by molar-refractivity contribution is 7.00. The number of fused-ring (bicyclic) bond motifs is 14. The van der Waals surface area contributed by atoms with Crippen LogP contribution in [-0.2, 0) is 5.41 Å². The van der Waals surface area contributed by atoms with Gasteiger partial charge in [-0.3, -0.25) is 0 Å². The van der Waals surface area contributed by atoms with Crippen molar-refractivity contribution in [1.29, 1.82) is 0 Å². The van der Waals surface area contributed by atoms with Crippen molar-refractivity contribution in [1.82, 2.24) is 9.13 Å². The van der Waals surface area contributed by atoms with Crippen LogP contribution in [0, 0.1) is 0 Å². The summed E-state index contributed by atoms with van der Waals surface area (Å²) >= 11 is 0. The first kappa shape index (κ1) is 54.8. The fourth-order valence-corrected chi connectivity index (χ4v) is 16.2. The zero-order valence-corrected chi connectivity index (χ0v) is 53.0. The standard InChI is InChI=1S/C90H63BN4/c1-90(2,3)62-52-85-89-86(53-62)95(78-45-25-21-37-66(78)59-30-10-5-11-31-59)82-55-64(93-80-47-27-23-43-72(80)88-70-41-19-17-39-68(70)74(57-84(88)93)61-34-14-7-15-35-61)49-51-76(82)91(89)75-50-48-63(54-81(75)94(85)77-44-24-20-36-65(77)58-28-8-4-9-29-58)92-79-46-26-22-42-71(79)87-69-40-18-16-38-67(69)73(56-83(87)92)60-32-12-6-13-33-60/h4-57H,1-3H3. The summed E-state index contributed by atoms with van der Waals surface area (Å²) < 4.78 is 5.08. The maximum atomic E-state index is 2.64. The van der Waals surface area contributed by atoms with Gasteiger partial charge in [-0.2, -0.15) is 0 Å². The maximum absolute atomic E-state index is 2.64. The highest BCUT2D eigenvalue weighted by Gasteiger charge is 2.45. The predicted octanol–water partition coefficient (Wildman–Crippen LogP) is 22.2. The molecule has 4 heterocycles. The van der Waals surface area contributed by atoms with E-state index in [4.69, 9.17) is 0 Å². The van der Waals surface area contributed by atoms with E-state index in [1.54, 1.807) is 0 Å². The Morgan fingerprint density at radius 1 is 0.253 bits per heavy atom. The lowest BCUT2D eigenvalue weighted by Crippen LogP contribution is -2.61. The molecule has 0 spiro atoms. The number of hydrogen-bond donors (Lipinski definition) is 0. The summed E-state index contributed by atoms with van der Waals surface area (Å²) in [5, 5.41) is 9.94. The second-order valence-corrected chi connectivity index (χ2v) is 26.7. The van der Waals surface area contributed by atoms with Crippen LogP contribution in [-0.4, -0.2) is 15.8 Å². The summed E-state index contributed by atoms with van der Waals surface area (Å²) in [6.07, 6.45) is 0. The smallest absolute Gasteiger partial charge is 0.252 e. The van der Waals surface area contributed by atoms with Gasteiger partial charge in [-0.15, -0.1) is 0 Å². The first-order valence-corrected chi connectivity index (χ1v) is 33.2. The van der Waals surface area contributed by atoms with Gasteiger partial charge in [-0.1, -0.05) is 276 Å². The second kappa shape index (κ2) is 21.3. The minimum atomic E-state index is -0.259. The predicted molar refractivity (Wildman–Crippen MR) is 405 cm³/mol. The zero-order chi connectivity index (χ0) is 63.0. The highest BCUT2D eigenvalue weighted by Crippen LogP contribution is 2.52. The lowest BCUT2D eigenvalue weighted by molar-refractivity contribution is 0.590. The number of rotatable bonds is 8. The summed E-state index contributed by atoms with van der Waals surface area (Å²) in [7, 11) is 0. The minimum absolute atomic E-state index is 0.180. The van der Waals surface area contributed by atoms with E-state index in [-0.39, 0.29) is 12.1 Å². The van der Waals surface area contributed by atoms with Crippen LogP contribution in [0.3, 0.4) is 0 Å². The minimum Gasteiger partial charge on any atom is -0.311 e. The van der Waals surface area contributed by atoms with Gasteiger partial charge < -0.3 is 18.9 Å². The number of aromatic nitrogens is 2. The van der Waals surface area contributed by atoms with Gasteiger partial charge in [0.1, 0.15) is 0 Å². The van der Waals surface area contributed by atoms with E-state index in [0.717, 1.165) is 56.4 Å². The third kappa shape index (κ3) is 8.42. The molecular weight excluding hydrogens is 1150 g/mol. The molecule has 0 amide bonds. The van der Waals surface area contributed by atoms with Gasteiger partial charge in [0.25, 0.3) is 6.71 Å². The van der Waals surface area contributed by atoms with Crippen LogP contribution in [0.25, 0.3) is 121 Å². The number of benzene rings is 15. The van der Waals surface area contributed by atoms with Crippen LogP contribution in [0.2, 0.25) is 0 Å². The van der Waals surface area contributed by atoms with E-state index >= 15 is 0 Å². The molecule has 0 unspecified atom stereocenters. The SMILES string of the molecule is CC(C)(C)c1cc2c3c(c1)N(c1ccccc1-c1ccccc1)c1cc(-n4c5ccccc5c5c6ccccc6c(-c6ccccc6)cc54)ccc1B3c1ccc(-n3c4ccccc4c4c5ccccc5c(-c5ccccc5)cc43)cc1N2c1ccccc1-c1ccccc1. The molecule has 0 fully saturated rings. The average molecular weight is 1210 g/mol. The van der Waals surface area contributed by atoms with Gasteiger partial charge in [-0.25, -0.2) is 0 Å².